The van der Waals surface area contributed by atoms with E-state index < -0.39 is 18.1 Å². The summed E-state index contributed by atoms with van der Waals surface area (Å²) in [7, 11) is 0. The second-order valence-corrected chi connectivity index (χ2v) is 11.0. The van der Waals surface area contributed by atoms with Crippen molar-refractivity contribution in [2.45, 2.75) is 77.3 Å². The summed E-state index contributed by atoms with van der Waals surface area (Å²) in [5.74, 6) is -0.0498. The van der Waals surface area contributed by atoms with Gasteiger partial charge in [-0.3, -0.25) is 19.3 Å². The lowest BCUT2D eigenvalue weighted by molar-refractivity contribution is -0.132. The number of hydrogen-bond donors (Lipinski definition) is 2. The molecular weight excluding hydrogens is 520 g/mol. The van der Waals surface area contributed by atoms with Gasteiger partial charge in [0.25, 0.3) is 0 Å². The first-order valence-electron chi connectivity index (χ1n) is 14.4. The number of carbonyl (C=O) groups excluding carboxylic acids is 4. The van der Waals surface area contributed by atoms with Gasteiger partial charge >= 0.3 is 6.03 Å². The molecule has 2 aliphatic heterocycles. The molecule has 2 atom stereocenters. The number of aryl methyl sites for hydroxylation is 2. The fourth-order valence-corrected chi connectivity index (χ4v) is 5.35. The number of imide groups is 1. The molecule has 1 saturated carbocycles. The topological polar surface area (TPSA) is 124 Å². The summed E-state index contributed by atoms with van der Waals surface area (Å²) in [6.45, 7) is 4.88. The van der Waals surface area contributed by atoms with Crippen LogP contribution in [-0.4, -0.2) is 64.6 Å². The van der Waals surface area contributed by atoms with Crippen LogP contribution in [0.3, 0.4) is 0 Å². The number of nitrogens with one attached hydrogen (secondary N) is 2. The number of likely N-dealkylation sites (tertiary alicyclic amines) is 2. The number of amides is 4. The Balaban J connectivity index is 1.25. The number of ketones is 1. The first kappa shape index (κ1) is 28.2. The van der Waals surface area contributed by atoms with E-state index in [0.717, 1.165) is 55.3 Å². The Kier molecular flexibility index (Phi) is 8.59. The first-order valence-corrected chi connectivity index (χ1v) is 14.4. The van der Waals surface area contributed by atoms with Crippen molar-refractivity contribution in [2.75, 3.05) is 23.7 Å². The molecule has 2 aromatic carbocycles. The largest absolute Gasteiger partial charge is 0.373 e. The number of rotatable bonds is 6. The van der Waals surface area contributed by atoms with Crippen LogP contribution >= 0.6 is 0 Å². The average Bonchev–Trinajstić information content (AvgIpc) is 3.68. The SMILES string of the molecule is Cc1ccc(N=C=Nc2ccc(C)c(NC3C(=O)C3N3CCCCCC3=O)c2)cc1NC(=O)N1CCCCCC1=O. The summed E-state index contributed by atoms with van der Waals surface area (Å²) in [6.07, 6.45) is 6.28. The van der Waals surface area contributed by atoms with E-state index in [1.807, 2.05) is 38.1 Å². The van der Waals surface area contributed by atoms with Crippen LogP contribution in [0.5, 0.6) is 0 Å². The van der Waals surface area contributed by atoms with Gasteiger partial charge in [0.15, 0.2) is 5.78 Å². The van der Waals surface area contributed by atoms with Crippen molar-refractivity contribution in [1.82, 2.24) is 9.80 Å². The number of anilines is 2. The Labute approximate surface area is 239 Å². The second-order valence-electron chi connectivity index (χ2n) is 11.0. The van der Waals surface area contributed by atoms with Gasteiger partial charge in [0.1, 0.15) is 18.1 Å². The van der Waals surface area contributed by atoms with E-state index in [1.54, 1.807) is 17.0 Å². The van der Waals surface area contributed by atoms with E-state index in [2.05, 4.69) is 26.6 Å². The number of benzene rings is 2. The Morgan fingerprint density at radius 1 is 0.805 bits per heavy atom. The first-order chi connectivity index (χ1) is 19.8. The fourth-order valence-electron chi connectivity index (χ4n) is 5.35. The maximum Gasteiger partial charge on any atom is 0.328 e. The molecular formula is C31H36N6O4. The number of hydrogen-bond acceptors (Lipinski definition) is 7. The van der Waals surface area contributed by atoms with Gasteiger partial charge in [-0.05, 0) is 74.9 Å². The van der Waals surface area contributed by atoms with Gasteiger partial charge < -0.3 is 15.5 Å². The lowest BCUT2D eigenvalue weighted by Crippen LogP contribution is -2.39. The lowest BCUT2D eigenvalue weighted by Gasteiger charge is -2.20. The smallest absolute Gasteiger partial charge is 0.328 e. The van der Waals surface area contributed by atoms with Gasteiger partial charge in [-0.2, -0.15) is 9.98 Å². The van der Waals surface area contributed by atoms with Crippen LogP contribution in [0.25, 0.3) is 0 Å². The maximum atomic E-state index is 12.8. The Bertz CT molecular complexity index is 1430. The molecule has 0 bridgehead atoms. The molecule has 0 aromatic heterocycles. The van der Waals surface area contributed by atoms with Gasteiger partial charge in [-0.15, -0.1) is 0 Å². The molecule has 0 radical (unpaired) electrons. The van der Waals surface area contributed by atoms with E-state index >= 15 is 0 Å². The normalized spacial score (nSPS) is 21.0. The molecule has 214 valence electrons. The zero-order valence-corrected chi connectivity index (χ0v) is 23.6. The average molecular weight is 557 g/mol. The van der Waals surface area contributed by atoms with E-state index in [9.17, 15) is 19.2 Å². The minimum absolute atomic E-state index is 0.0394. The van der Waals surface area contributed by atoms with Crippen molar-refractivity contribution in [3.05, 3.63) is 47.5 Å². The molecule has 2 N–H and O–H groups in total. The van der Waals surface area contributed by atoms with Gasteiger partial charge in [-0.25, -0.2) is 4.79 Å². The summed E-state index contributed by atoms with van der Waals surface area (Å²) < 4.78 is 0. The molecule has 10 heteroatoms. The van der Waals surface area contributed by atoms with Crippen molar-refractivity contribution in [1.29, 1.82) is 0 Å². The van der Waals surface area contributed by atoms with E-state index in [4.69, 9.17) is 0 Å². The third-order valence-corrected chi connectivity index (χ3v) is 7.92. The molecule has 2 unspecified atom stereocenters. The quantitative estimate of drug-likeness (QED) is 0.454. The third kappa shape index (κ3) is 6.72. The molecule has 4 amide bonds. The summed E-state index contributed by atoms with van der Waals surface area (Å²) in [6, 6.07) is 12.4. The molecule has 10 nitrogen and oxygen atoms in total. The standard InChI is InChI=1S/C31H36N6O4/c1-20-11-13-22(17-24(20)34-28-29(30(28)40)36-15-7-3-5-9-26(36)38)32-19-33-23-14-12-21(2)25(18-23)35-31(41)37-16-8-4-6-10-27(37)39/h11-14,17-18,28-29,34H,3-10,15-16H2,1-2H3,(H,35,41). The predicted octanol–water partition coefficient (Wildman–Crippen LogP) is 5.51. The van der Waals surface area contributed by atoms with Crippen molar-refractivity contribution in [3.63, 3.8) is 0 Å². The number of carbonyl (C=O) groups is 4. The van der Waals surface area contributed by atoms with Crippen molar-refractivity contribution < 1.29 is 19.2 Å². The summed E-state index contributed by atoms with van der Waals surface area (Å²) in [5.41, 5.74) is 4.32. The zero-order chi connectivity index (χ0) is 28.9. The van der Waals surface area contributed by atoms with Gasteiger partial charge in [-0.1, -0.05) is 25.0 Å². The maximum absolute atomic E-state index is 12.8. The zero-order valence-electron chi connectivity index (χ0n) is 23.6. The molecule has 0 spiro atoms. The van der Waals surface area contributed by atoms with Crippen LogP contribution in [0.15, 0.2) is 46.4 Å². The molecule has 2 aromatic rings. The Hall–Kier alpha value is -4.30. The van der Waals surface area contributed by atoms with E-state index in [0.29, 0.717) is 43.0 Å². The number of urea groups is 1. The summed E-state index contributed by atoms with van der Waals surface area (Å²) in [5, 5.41) is 6.16. The van der Waals surface area contributed by atoms with Crippen molar-refractivity contribution in [2.24, 2.45) is 9.98 Å². The summed E-state index contributed by atoms with van der Waals surface area (Å²) in [4.78, 5) is 61.8. The van der Waals surface area contributed by atoms with E-state index in [1.165, 1.54) is 4.90 Å². The van der Waals surface area contributed by atoms with Gasteiger partial charge in [0.2, 0.25) is 11.8 Å². The number of nitrogens with zero attached hydrogens (tertiary/aromatic N) is 4. The highest BCUT2D eigenvalue weighted by Crippen LogP contribution is 2.32. The molecule has 1 aliphatic carbocycles. The van der Waals surface area contributed by atoms with Crippen LogP contribution in [-0.2, 0) is 14.4 Å². The highest BCUT2D eigenvalue weighted by Gasteiger charge is 2.54. The van der Waals surface area contributed by atoms with Crippen LogP contribution in [0.2, 0.25) is 0 Å². The number of Topliss-reactive ketones (excluding diaryl/α,β-unsaturated/α-hetero) is 1. The summed E-state index contributed by atoms with van der Waals surface area (Å²) >= 11 is 0. The minimum atomic E-state index is -0.425. The lowest BCUT2D eigenvalue weighted by atomic mass is 10.2. The third-order valence-electron chi connectivity index (χ3n) is 7.92. The molecule has 5 rings (SSSR count). The number of aliphatic imine (C=N–C) groups is 2. The van der Waals surface area contributed by atoms with Gasteiger partial charge in [0, 0.05) is 37.3 Å². The molecule has 2 saturated heterocycles. The molecule has 3 aliphatic rings. The molecule has 2 heterocycles. The Morgan fingerprint density at radius 3 is 2.12 bits per heavy atom. The van der Waals surface area contributed by atoms with Crippen LogP contribution < -0.4 is 10.6 Å². The van der Waals surface area contributed by atoms with Crippen LogP contribution in [0.1, 0.15) is 62.5 Å². The van der Waals surface area contributed by atoms with Crippen LogP contribution in [0.4, 0.5) is 27.5 Å². The fraction of sp³-hybridized carbons (Fsp3) is 0.452. The second kappa shape index (κ2) is 12.5. The highest BCUT2D eigenvalue weighted by molar-refractivity contribution is 6.11. The van der Waals surface area contributed by atoms with Crippen LogP contribution in [0, 0.1) is 13.8 Å². The molecule has 41 heavy (non-hydrogen) atoms. The van der Waals surface area contributed by atoms with Gasteiger partial charge in [0.05, 0.1) is 11.4 Å². The highest BCUT2D eigenvalue weighted by atomic mass is 16.2. The van der Waals surface area contributed by atoms with Crippen molar-refractivity contribution in [3.8, 4) is 0 Å². The van der Waals surface area contributed by atoms with E-state index in [-0.39, 0.29) is 17.6 Å². The monoisotopic (exact) mass is 556 g/mol. The molecule has 3 fully saturated rings. The minimum Gasteiger partial charge on any atom is -0.373 e. The predicted molar refractivity (Wildman–Crippen MR) is 157 cm³/mol. The van der Waals surface area contributed by atoms with Crippen molar-refractivity contribution >= 4 is 52.4 Å². The Morgan fingerprint density at radius 2 is 1.41 bits per heavy atom.